The Morgan fingerprint density at radius 3 is 2.53 bits per heavy atom. The van der Waals surface area contributed by atoms with Crippen molar-refractivity contribution in [3.05, 3.63) is 78.5 Å². The Bertz CT molecular complexity index is 1380. The zero-order chi connectivity index (χ0) is 26.2. The van der Waals surface area contributed by atoms with Crippen molar-refractivity contribution in [2.24, 2.45) is 4.99 Å². The Kier molecular flexibility index (Phi) is 8.03. The lowest BCUT2D eigenvalue weighted by Crippen LogP contribution is -2.40. The van der Waals surface area contributed by atoms with Crippen LogP contribution in [-0.2, 0) is 6.42 Å². The molecular formula is C27H30Cl3N3O3. The molecule has 9 heteroatoms. The molecule has 1 aromatic heterocycles. The molecule has 0 spiro atoms. The second kappa shape index (κ2) is 10.7. The molecule has 1 aliphatic carbocycles. The number of pyridine rings is 1. The fourth-order valence-electron chi connectivity index (χ4n) is 4.89. The molecular weight excluding hydrogens is 521 g/mol. The van der Waals surface area contributed by atoms with E-state index < -0.39 is 5.60 Å². The number of fused-ring (bicyclic) bond motifs is 2. The van der Waals surface area contributed by atoms with Crippen molar-refractivity contribution in [2.45, 2.75) is 45.1 Å². The first-order chi connectivity index (χ1) is 17.0. The molecule has 1 heterocycles. The Morgan fingerprint density at radius 2 is 1.86 bits per heavy atom. The second-order valence-electron chi connectivity index (χ2n) is 9.91. The maximum Gasteiger partial charge on any atom is 0.199 e. The molecule has 0 bridgehead atoms. The Morgan fingerprint density at radius 1 is 1.11 bits per heavy atom. The predicted molar refractivity (Wildman–Crippen MR) is 148 cm³/mol. The highest BCUT2D eigenvalue weighted by molar-refractivity contribution is 6.42. The normalized spacial score (nSPS) is 17.2. The third-order valence-electron chi connectivity index (χ3n) is 6.56. The molecule has 6 nitrogen and oxygen atoms in total. The van der Waals surface area contributed by atoms with E-state index in [2.05, 4.69) is 4.90 Å². The van der Waals surface area contributed by atoms with Crippen LogP contribution < -0.4 is 5.43 Å². The van der Waals surface area contributed by atoms with Crippen molar-refractivity contribution in [3.63, 3.8) is 0 Å². The summed E-state index contributed by atoms with van der Waals surface area (Å²) in [6, 6.07) is 10.4. The van der Waals surface area contributed by atoms with E-state index in [0.29, 0.717) is 75.4 Å². The number of aromatic nitrogens is 1. The van der Waals surface area contributed by atoms with Crippen LogP contribution in [0.1, 0.15) is 49.9 Å². The molecule has 0 amide bonds. The SMILES string of the molecule is CCN(CCN=C1CC(c2ccc(Cl)c(Cl)c2)Cc2c1c(=O)c1cc(Cl)ccc1n2O)CC(C)(C)O. The molecule has 4 rings (SSSR count). The predicted octanol–water partition coefficient (Wildman–Crippen LogP) is 5.81. The zero-order valence-electron chi connectivity index (χ0n) is 20.6. The fraction of sp³-hybridized carbons (Fsp3) is 0.407. The van der Waals surface area contributed by atoms with Gasteiger partial charge in [0.15, 0.2) is 5.43 Å². The number of nitrogens with zero attached hydrogens (tertiary/aromatic N) is 3. The summed E-state index contributed by atoms with van der Waals surface area (Å²) in [4.78, 5) is 20.6. The average molecular weight is 551 g/mol. The van der Waals surface area contributed by atoms with E-state index in [1.54, 1.807) is 38.1 Å². The summed E-state index contributed by atoms with van der Waals surface area (Å²) in [5.74, 6) is -0.0489. The van der Waals surface area contributed by atoms with E-state index in [4.69, 9.17) is 39.8 Å². The quantitative estimate of drug-likeness (QED) is 0.364. The number of rotatable bonds is 7. The summed E-state index contributed by atoms with van der Waals surface area (Å²) in [5, 5.41) is 23.1. The summed E-state index contributed by atoms with van der Waals surface area (Å²) in [5.41, 5.74) is 1.93. The van der Waals surface area contributed by atoms with Gasteiger partial charge in [-0.1, -0.05) is 47.8 Å². The van der Waals surface area contributed by atoms with E-state index in [9.17, 15) is 15.1 Å². The highest BCUT2D eigenvalue weighted by Gasteiger charge is 2.31. The highest BCUT2D eigenvalue weighted by Crippen LogP contribution is 2.36. The van der Waals surface area contributed by atoms with E-state index in [-0.39, 0.29) is 11.3 Å². The van der Waals surface area contributed by atoms with Gasteiger partial charge in [-0.2, -0.15) is 4.73 Å². The van der Waals surface area contributed by atoms with Gasteiger partial charge < -0.3 is 10.3 Å². The van der Waals surface area contributed by atoms with E-state index >= 15 is 0 Å². The smallest absolute Gasteiger partial charge is 0.199 e. The summed E-state index contributed by atoms with van der Waals surface area (Å²) in [7, 11) is 0. The lowest BCUT2D eigenvalue weighted by Gasteiger charge is -2.29. The van der Waals surface area contributed by atoms with Gasteiger partial charge in [-0.15, -0.1) is 0 Å². The maximum absolute atomic E-state index is 13.6. The highest BCUT2D eigenvalue weighted by atomic mass is 35.5. The average Bonchev–Trinajstić information content (AvgIpc) is 2.82. The standard InChI is InChI=1S/C27H30Cl3N3O3/c1-4-32(15-27(2,3)35)10-9-31-22-12-17(16-5-7-20(29)21(30)11-16)13-24-25(22)26(34)19-14-18(28)6-8-23(19)33(24)36/h5-8,11,14,17,35-36H,4,9-10,12-13,15H2,1-3H3. The van der Waals surface area contributed by atoms with Crippen LogP contribution in [0, 0.1) is 0 Å². The van der Waals surface area contributed by atoms with Crippen molar-refractivity contribution >= 4 is 51.4 Å². The molecule has 2 aromatic carbocycles. The topological polar surface area (TPSA) is 78.1 Å². The molecule has 2 N–H and O–H groups in total. The van der Waals surface area contributed by atoms with Crippen LogP contribution >= 0.6 is 34.8 Å². The van der Waals surface area contributed by atoms with Crippen LogP contribution in [0.4, 0.5) is 0 Å². The minimum atomic E-state index is -0.817. The minimum absolute atomic E-state index is 0.0489. The molecule has 1 atom stereocenters. The van der Waals surface area contributed by atoms with Gasteiger partial charge in [-0.25, -0.2) is 0 Å². The number of likely N-dealkylation sites (N-methyl/N-ethyl adjacent to an activating group) is 1. The van der Waals surface area contributed by atoms with Crippen LogP contribution in [0.3, 0.4) is 0 Å². The number of halogens is 3. The first kappa shape index (κ1) is 27.0. The molecule has 0 saturated carbocycles. The molecule has 192 valence electrons. The first-order valence-corrected chi connectivity index (χ1v) is 13.1. The molecule has 1 unspecified atom stereocenters. The van der Waals surface area contributed by atoms with E-state index in [1.165, 1.54) is 0 Å². The van der Waals surface area contributed by atoms with Crippen LogP contribution in [0.25, 0.3) is 10.9 Å². The zero-order valence-corrected chi connectivity index (χ0v) is 22.8. The number of aliphatic hydroxyl groups is 1. The molecule has 1 aliphatic rings. The number of hydrogen-bond donors (Lipinski definition) is 2. The molecule has 0 saturated heterocycles. The molecule has 0 fully saturated rings. The summed E-state index contributed by atoms with van der Waals surface area (Å²) >= 11 is 18.6. The van der Waals surface area contributed by atoms with Crippen LogP contribution in [0.15, 0.2) is 46.2 Å². The van der Waals surface area contributed by atoms with Gasteiger partial charge in [0.2, 0.25) is 0 Å². The van der Waals surface area contributed by atoms with Crippen molar-refractivity contribution in [3.8, 4) is 0 Å². The molecule has 3 aromatic rings. The van der Waals surface area contributed by atoms with Gasteiger partial charge in [-0.3, -0.25) is 14.7 Å². The fourth-order valence-corrected chi connectivity index (χ4v) is 5.37. The summed E-state index contributed by atoms with van der Waals surface area (Å²) in [6.45, 7) is 7.96. The third-order valence-corrected chi connectivity index (χ3v) is 7.54. The second-order valence-corrected chi connectivity index (χ2v) is 11.2. The van der Waals surface area contributed by atoms with Crippen LogP contribution in [-0.4, -0.2) is 57.4 Å². The third kappa shape index (κ3) is 5.74. The van der Waals surface area contributed by atoms with Crippen LogP contribution in [0.2, 0.25) is 15.1 Å². The Hall–Kier alpha value is -2.09. The lowest BCUT2D eigenvalue weighted by atomic mass is 9.80. The Balaban J connectivity index is 1.79. The largest absolute Gasteiger partial charge is 0.428 e. The number of hydrogen-bond acceptors (Lipinski definition) is 5. The van der Waals surface area contributed by atoms with Crippen molar-refractivity contribution in [1.82, 2.24) is 9.63 Å². The molecule has 36 heavy (non-hydrogen) atoms. The minimum Gasteiger partial charge on any atom is -0.428 e. The van der Waals surface area contributed by atoms with Crippen molar-refractivity contribution in [2.75, 3.05) is 26.2 Å². The number of benzene rings is 2. The van der Waals surface area contributed by atoms with Gasteiger partial charge in [0.1, 0.15) is 0 Å². The van der Waals surface area contributed by atoms with Crippen LogP contribution in [0.5, 0.6) is 0 Å². The van der Waals surface area contributed by atoms with Gasteiger partial charge in [-0.05, 0) is 75.0 Å². The lowest BCUT2D eigenvalue weighted by molar-refractivity contribution is 0.0389. The maximum atomic E-state index is 13.6. The Labute approximate surface area is 225 Å². The monoisotopic (exact) mass is 549 g/mol. The first-order valence-electron chi connectivity index (χ1n) is 12.0. The van der Waals surface area contributed by atoms with Crippen molar-refractivity contribution in [1.29, 1.82) is 0 Å². The van der Waals surface area contributed by atoms with Crippen molar-refractivity contribution < 1.29 is 10.3 Å². The van der Waals surface area contributed by atoms with E-state index in [0.717, 1.165) is 16.8 Å². The van der Waals surface area contributed by atoms with Gasteiger partial charge in [0.05, 0.1) is 44.4 Å². The van der Waals surface area contributed by atoms with Gasteiger partial charge >= 0.3 is 0 Å². The molecule has 0 radical (unpaired) electrons. The van der Waals surface area contributed by atoms with E-state index in [1.807, 2.05) is 19.1 Å². The van der Waals surface area contributed by atoms with Gasteiger partial charge in [0.25, 0.3) is 0 Å². The molecule has 0 aliphatic heterocycles. The number of aliphatic imine (C=N–C) groups is 1. The van der Waals surface area contributed by atoms with Gasteiger partial charge in [0, 0.05) is 23.8 Å². The summed E-state index contributed by atoms with van der Waals surface area (Å²) < 4.78 is 1.09. The summed E-state index contributed by atoms with van der Waals surface area (Å²) in [6.07, 6.45) is 0.959.